The Balaban J connectivity index is 1.60. The Kier molecular flexibility index (Phi) is 4.81. The number of anilines is 1. The molecule has 0 aliphatic heterocycles. The van der Waals surface area contributed by atoms with Crippen molar-refractivity contribution in [1.82, 2.24) is 9.38 Å². The summed E-state index contributed by atoms with van der Waals surface area (Å²) in [5.41, 5.74) is 4.27. The monoisotopic (exact) mass is 409 g/mol. The summed E-state index contributed by atoms with van der Waals surface area (Å²) >= 11 is 0. The fourth-order valence-electron chi connectivity index (χ4n) is 3.14. The second-order valence-corrected chi connectivity index (χ2v) is 7.15. The van der Waals surface area contributed by atoms with Crippen LogP contribution in [0.5, 0.6) is 0 Å². The van der Waals surface area contributed by atoms with Gasteiger partial charge >= 0.3 is 6.18 Å². The zero-order valence-electron chi connectivity index (χ0n) is 16.3. The SMILES string of the molecule is Cc1ccn2cc(-c3ccc(C)c(NC(=O)c4ccc(C(F)(F)F)cc4)c3)nc2c1. The number of pyridine rings is 1. The highest BCUT2D eigenvalue weighted by Gasteiger charge is 2.30. The van der Waals surface area contributed by atoms with Crippen LogP contribution in [0.2, 0.25) is 0 Å². The maximum absolute atomic E-state index is 12.7. The summed E-state index contributed by atoms with van der Waals surface area (Å²) in [6, 6.07) is 13.7. The van der Waals surface area contributed by atoms with Gasteiger partial charge in [-0.3, -0.25) is 4.79 Å². The second kappa shape index (κ2) is 7.33. The van der Waals surface area contributed by atoms with E-state index in [1.54, 1.807) is 0 Å². The van der Waals surface area contributed by atoms with Gasteiger partial charge in [-0.2, -0.15) is 13.2 Å². The molecule has 7 heteroatoms. The van der Waals surface area contributed by atoms with Crippen molar-refractivity contribution < 1.29 is 18.0 Å². The molecule has 152 valence electrons. The average Bonchev–Trinajstić information content (AvgIpc) is 3.12. The number of aryl methyl sites for hydroxylation is 2. The molecule has 0 saturated heterocycles. The predicted octanol–water partition coefficient (Wildman–Crippen LogP) is 5.89. The zero-order chi connectivity index (χ0) is 21.5. The average molecular weight is 409 g/mol. The number of imidazole rings is 1. The maximum atomic E-state index is 12.7. The lowest BCUT2D eigenvalue weighted by Crippen LogP contribution is -2.13. The number of hydrogen-bond acceptors (Lipinski definition) is 2. The zero-order valence-corrected chi connectivity index (χ0v) is 16.3. The number of rotatable bonds is 3. The molecule has 0 fully saturated rings. The van der Waals surface area contributed by atoms with Crippen molar-refractivity contribution in [3.8, 4) is 11.3 Å². The molecule has 0 atom stereocenters. The van der Waals surface area contributed by atoms with Crippen molar-refractivity contribution in [2.45, 2.75) is 20.0 Å². The van der Waals surface area contributed by atoms with E-state index in [0.29, 0.717) is 5.69 Å². The summed E-state index contributed by atoms with van der Waals surface area (Å²) in [6.07, 6.45) is -0.601. The fraction of sp³-hybridized carbons (Fsp3) is 0.130. The van der Waals surface area contributed by atoms with Gasteiger partial charge < -0.3 is 9.72 Å². The summed E-state index contributed by atoms with van der Waals surface area (Å²) < 4.78 is 40.1. The molecule has 0 bridgehead atoms. The fourth-order valence-corrected chi connectivity index (χ4v) is 3.14. The molecule has 0 unspecified atom stereocenters. The molecular weight excluding hydrogens is 391 g/mol. The first-order valence-electron chi connectivity index (χ1n) is 9.26. The van der Waals surface area contributed by atoms with Gasteiger partial charge in [0, 0.05) is 29.2 Å². The standard InChI is InChI=1S/C23H18F3N3O/c1-14-9-10-29-13-20(27-21(29)11-14)17-4-3-15(2)19(12-17)28-22(30)16-5-7-18(8-6-16)23(24,25)26/h3-13H,1-2H3,(H,28,30). The number of carbonyl (C=O) groups excluding carboxylic acids is 1. The van der Waals surface area contributed by atoms with Crippen LogP contribution in [0, 0.1) is 13.8 Å². The lowest BCUT2D eigenvalue weighted by molar-refractivity contribution is -0.137. The van der Waals surface area contributed by atoms with Crippen LogP contribution in [0.1, 0.15) is 27.0 Å². The Morgan fingerprint density at radius 3 is 2.43 bits per heavy atom. The molecule has 0 aliphatic carbocycles. The van der Waals surface area contributed by atoms with Crippen LogP contribution in [0.15, 0.2) is 67.0 Å². The van der Waals surface area contributed by atoms with E-state index in [1.807, 2.05) is 61.0 Å². The third-order valence-corrected chi connectivity index (χ3v) is 4.87. The van der Waals surface area contributed by atoms with Crippen molar-refractivity contribution in [1.29, 1.82) is 0 Å². The van der Waals surface area contributed by atoms with Crippen molar-refractivity contribution in [3.05, 3.63) is 89.2 Å². The molecule has 0 radical (unpaired) electrons. The number of amides is 1. The van der Waals surface area contributed by atoms with Crippen molar-refractivity contribution >= 4 is 17.2 Å². The molecule has 4 aromatic rings. The van der Waals surface area contributed by atoms with Gasteiger partial charge in [0.25, 0.3) is 5.91 Å². The number of benzene rings is 2. The van der Waals surface area contributed by atoms with Crippen LogP contribution in [0.3, 0.4) is 0 Å². The van der Waals surface area contributed by atoms with Gasteiger partial charge in [-0.25, -0.2) is 4.98 Å². The number of halogens is 3. The number of carbonyl (C=O) groups is 1. The largest absolute Gasteiger partial charge is 0.416 e. The van der Waals surface area contributed by atoms with Crippen LogP contribution in [-0.2, 0) is 6.18 Å². The molecule has 0 saturated carbocycles. The molecule has 2 aromatic carbocycles. The van der Waals surface area contributed by atoms with Gasteiger partial charge in [0.1, 0.15) is 5.65 Å². The third-order valence-electron chi connectivity index (χ3n) is 4.87. The van der Waals surface area contributed by atoms with Crippen LogP contribution in [0.4, 0.5) is 18.9 Å². The van der Waals surface area contributed by atoms with E-state index in [1.165, 1.54) is 12.1 Å². The predicted molar refractivity (Wildman–Crippen MR) is 109 cm³/mol. The molecule has 2 heterocycles. The van der Waals surface area contributed by atoms with E-state index in [9.17, 15) is 18.0 Å². The lowest BCUT2D eigenvalue weighted by atomic mass is 10.1. The normalized spacial score (nSPS) is 11.6. The molecule has 0 aliphatic rings. The van der Waals surface area contributed by atoms with Gasteiger partial charge in [-0.05, 0) is 67.4 Å². The van der Waals surface area contributed by atoms with Crippen molar-refractivity contribution in [3.63, 3.8) is 0 Å². The Bertz CT molecular complexity index is 1240. The first-order chi connectivity index (χ1) is 14.2. The summed E-state index contributed by atoms with van der Waals surface area (Å²) in [5, 5.41) is 2.78. The van der Waals surface area contributed by atoms with Gasteiger partial charge in [0.05, 0.1) is 11.3 Å². The highest BCUT2D eigenvalue weighted by atomic mass is 19.4. The molecule has 1 N–H and O–H groups in total. The number of hydrogen-bond donors (Lipinski definition) is 1. The number of aromatic nitrogens is 2. The minimum absolute atomic E-state index is 0.149. The quantitative estimate of drug-likeness (QED) is 0.459. The van der Waals surface area contributed by atoms with Crippen LogP contribution in [-0.4, -0.2) is 15.3 Å². The van der Waals surface area contributed by atoms with E-state index in [0.717, 1.165) is 40.2 Å². The first kappa shape index (κ1) is 19.7. The topological polar surface area (TPSA) is 46.4 Å². The Morgan fingerprint density at radius 2 is 1.73 bits per heavy atom. The minimum atomic E-state index is -4.44. The Hall–Kier alpha value is -3.61. The second-order valence-electron chi connectivity index (χ2n) is 7.15. The summed E-state index contributed by atoms with van der Waals surface area (Å²) in [7, 11) is 0. The van der Waals surface area contributed by atoms with E-state index >= 15 is 0 Å². The lowest BCUT2D eigenvalue weighted by Gasteiger charge is -2.11. The third kappa shape index (κ3) is 3.91. The maximum Gasteiger partial charge on any atom is 0.416 e. The first-order valence-corrected chi connectivity index (χ1v) is 9.26. The summed E-state index contributed by atoms with van der Waals surface area (Å²) in [5.74, 6) is -0.477. The van der Waals surface area contributed by atoms with Gasteiger partial charge in [0.15, 0.2) is 0 Å². The van der Waals surface area contributed by atoms with Crippen LogP contribution >= 0.6 is 0 Å². The van der Waals surface area contributed by atoms with Crippen LogP contribution in [0.25, 0.3) is 16.9 Å². The van der Waals surface area contributed by atoms with Crippen LogP contribution < -0.4 is 5.32 Å². The van der Waals surface area contributed by atoms with E-state index in [4.69, 9.17) is 0 Å². The molecule has 0 spiro atoms. The van der Waals surface area contributed by atoms with E-state index < -0.39 is 17.6 Å². The van der Waals surface area contributed by atoms with E-state index in [2.05, 4.69) is 10.3 Å². The highest BCUT2D eigenvalue weighted by molar-refractivity contribution is 6.05. The van der Waals surface area contributed by atoms with Crippen molar-refractivity contribution in [2.75, 3.05) is 5.32 Å². The highest BCUT2D eigenvalue weighted by Crippen LogP contribution is 2.30. The molecule has 2 aromatic heterocycles. The van der Waals surface area contributed by atoms with Gasteiger partial charge in [0.2, 0.25) is 0 Å². The minimum Gasteiger partial charge on any atom is -0.322 e. The number of nitrogens with one attached hydrogen (secondary N) is 1. The Morgan fingerprint density at radius 1 is 1.00 bits per heavy atom. The van der Waals surface area contributed by atoms with Gasteiger partial charge in [-0.15, -0.1) is 0 Å². The number of alkyl halides is 3. The van der Waals surface area contributed by atoms with Gasteiger partial charge in [-0.1, -0.05) is 12.1 Å². The molecule has 30 heavy (non-hydrogen) atoms. The van der Waals surface area contributed by atoms with E-state index in [-0.39, 0.29) is 5.56 Å². The molecule has 4 rings (SSSR count). The molecule has 1 amide bonds. The summed E-state index contributed by atoms with van der Waals surface area (Å²) in [6.45, 7) is 3.84. The number of fused-ring (bicyclic) bond motifs is 1. The Labute approximate surface area is 171 Å². The summed E-state index contributed by atoms with van der Waals surface area (Å²) in [4.78, 5) is 17.2. The molecule has 4 nitrogen and oxygen atoms in total. The molecular formula is C23H18F3N3O. The van der Waals surface area contributed by atoms with Crippen molar-refractivity contribution in [2.24, 2.45) is 0 Å². The smallest absolute Gasteiger partial charge is 0.322 e. The number of nitrogens with zero attached hydrogens (tertiary/aromatic N) is 2.